The minimum atomic E-state index is -1.04. The molecule has 0 aliphatic rings. The third-order valence-electron chi connectivity index (χ3n) is 3.05. The van der Waals surface area contributed by atoms with Gasteiger partial charge in [0.15, 0.2) is 0 Å². The summed E-state index contributed by atoms with van der Waals surface area (Å²) in [6.07, 6.45) is 0. The zero-order valence-electron chi connectivity index (χ0n) is 10.4. The lowest BCUT2D eigenvalue weighted by atomic mass is 9.88. The second-order valence-corrected chi connectivity index (χ2v) is 5.13. The molecule has 0 radical (unpaired) electrons. The Morgan fingerprint density at radius 3 is 2.22 bits per heavy atom. The van der Waals surface area contributed by atoms with Crippen LogP contribution in [0, 0.1) is 0 Å². The van der Waals surface area contributed by atoms with Crippen LogP contribution in [0.4, 0.5) is 0 Å². The van der Waals surface area contributed by atoms with Crippen LogP contribution in [0.15, 0.2) is 53.0 Å². The molecule has 0 heterocycles. The van der Waals surface area contributed by atoms with Crippen LogP contribution in [0.5, 0.6) is 5.75 Å². The van der Waals surface area contributed by atoms with Gasteiger partial charge in [-0.25, -0.2) is 0 Å². The lowest BCUT2D eigenvalue weighted by Crippen LogP contribution is -2.23. The van der Waals surface area contributed by atoms with Crippen LogP contribution in [0.1, 0.15) is 18.1 Å². The molecule has 0 spiro atoms. The lowest BCUT2D eigenvalue weighted by Gasteiger charge is -2.25. The summed E-state index contributed by atoms with van der Waals surface area (Å²) < 4.78 is 6.01. The van der Waals surface area contributed by atoms with E-state index in [9.17, 15) is 5.11 Å². The van der Waals surface area contributed by atoms with Gasteiger partial charge in [-0.2, -0.15) is 0 Å². The molecule has 2 nitrogen and oxygen atoms in total. The van der Waals surface area contributed by atoms with E-state index >= 15 is 0 Å². The minimum absolute atomic E-state index is 0.779. The second-order valence-electron chi connectivity index (χ2n) is 4.28. The summed E-state index contributed by atoms with van der Waals surface area (Å²) in [6, 6.07) is 15.1. The zero-order chi connectivity index (χ0) is 13.2. The molecule has 1 atom stereocenters. The monoisotopic (exact) mass is 306 g/mol. The van der Waals surface area contributed by atoms with Gasteiger partial charge in [0.1, 0.15) is 11.4 Å². The summed E-state index contributed by atoms with van der Waals surface area (Å²) in [4.78, 5) is 0. The number of rotatable bonds is 3. The highest BCUT2D eigenvalue weighted by atomic mass is 79.9. The first-order valence-electron chi connectivity index (χ1n) is 5.67. The smallest absolute Gasteiger partial charge is 0.118 e. The molecule has 1 unspecified atom stereocenters. The molecule has 1 N–H and O–H groups in total. The van der Waals surface area contributed by atoms with Crippen LogP contribution in [-0.2, 0) is 5.60 Å². The van der Waals surface area contributed by atoms with Crippen molar-refractivity contribution in [3.63, 3.8) is 0 Å². The molecule has 0 bridgehead atoms. The van der Waals surface area contributed by atoms with Gasteiger partial charge in [0.05, 0.1) is 7.11 Å². The molecule has 0 aliphatic carbocycles. The molecule has 3 heteroatoms. The van der Waals surface area contributed by atoms with E-state index in [1.807, 2.05) is 48.5 Å². The van der Waals surface area contributed by atoms with E-state index < -0.39 is 5.60 Å². The largest absolute Gasteiger partial charge is 0.497 e. The number of methoxy groups -OCH3 is 1. The van der Waals surface area contributed by atoms with Crippen molar-refractivity contribution in [2.24, 2.45) is 0 Å². The van der Waals surface area contributed by atoms with Crippen molar-refractivity contribution in [2.75, 3.05) is 7.11 Å². The Labute approximate surface area is 115 Å². The van der Waals surface area contributed by atoms with Crippen molar-refractivity contribution >= 4 is 15.9 Å². The summed E-state index contributed by atoms with van der Waals surface area (Å²) in [7, 11) is 1.63. The number of halogens is 1. The molecule has 0 fully saturated rings. The summed E-state index contributed by atoms with van der Waals surface area (Å²) in [5, 5.41) is 10.7. The number of aliphatic hydroxyl groups is 1. The molecule has 94 valence electrons. The SMILES string of the molecule is COc1ccc(C(C)(O)c2ccccc2Br)cc1. The van der Waals surface area contributed by atoms with Gasteiger partial charge < -0.3 is 9.84 Å². The Morgan fingerprint density at radius 2 is 1.67 bits per heavy atom. The predicted molar refractivity (Wildman–Crippen MR) is 75.8 cm³/mol. The fourth-order valence-electron chi connectivity index (χ4n) is 1.93. The van der Waals surface area contributed by atoms with Crippen LogP contribution < -0.4 is 4.74 Å². The molecule has 0 aliphatic heterocycles. The topological polar surface area (TPSA) is 29.5 Å². The Balaban J connectivity index is 2.44. The van der Waals surface area contributed by atoms with Gasteiger partial charge in [-0.15, -0.1) is 0 Å². The van der Waals surface area contributed by atoms with E-state index in [2.05, 4.69) is 15.9 Å². The van der Waals surface area contributed by atoms with Gasteiger partial charge in [0, 0.05) is 10.0 Å². The molecule has 2 aromatic carbocycles. The van der Waals surface area contributed by atoms with E-state index in [0.717, 1.165) is 21.3 Å². The van der Waals surface area contributed by atoms with Gasteiger partial charge in [-0.1, -0.05) is 46.3 Å². The van der Waals surface area contributed by atoms with Crippen LogP contribution in [0.2, 0.25) is 0 Å². The summed E-state index contributed by atoms with van der Waals surface area (Å²) in [6.45, 7) is 1.79. The number of hydrogen-bond donors (Lipinski definition) is 1. The molecule has 18 heavy (non-hydrogen) atoms. The van der Waals surface area contributed by atoms with Crippen molar-refractivity contribution in [3.05, 3.63) is 64.1 Å². The van der Waals surface area contributed by atoms with Gasteiger partial charge in [-0.05, 0) is 30.7 Å². The molecule has 2 rings (SSSR count). The molecule has 0 aromatic heterocycles. The van der Waals surface area contributed by atoms with Crippen molar-refractivity contribution < 1.29 is 9.84 Å². The first-order chi connectivity index (χ1) is 8.55. The second kappa shape index (κ2) is 5.12. The van der Waals surface area contributed by atoms with Crippen LogP contribution in [-0.4, -0.2) is 12.2 Å². The molecule has 2 aromatic rings. The highest BCUT2D eigenvalue weighted by Gasteiger charge is 2.27. The number of hydrogen-bond acceptors (Lipinski definition) is 2. The van der Waals surface area contributed by atoms with E-state index in [-0.39, 0.29) is 0 Å². The van der Waals surface area contributed by atoms with Crippen LogP contribution >= 0.6 is 15.9 Å². The molecule has 0 saturated heterocycles. The molecule has 0 amide bonds. The van der Waals surface area contributed by atoms with E-state index in [0.29, 0.717) is 0 Å². The third kappa shape index (κ3) is 2.42. The predicted octanol–water partition coefficient (Wildman–Crippen LogP) is 3.71. The highest BCUT2D eigenvalue weighted by Crippen LogP contribution is 2.34. The van der Waals surface area contributed by atoms with E-state index in [4.69, 9.17) is 4.74 Å². The molecule has 0 saturated carbocycles. The lowest BCUT2D eigenvalue weighted by molar-refractivity contribution is 0.101. The molecular weight excluding hydrogens is 292 g/mol. The Kier molecular flexibility index (Phi) is 3.73. The van der Waals surface area contributed by atoms with Gasteiger partial charge in [0.2, 0.25) is 0 Å². The average molecular weight is 307 g/mol. The van der Waals surface area contributed by atoms with E-state index in [1.165, 1.54) is 0 Å². The maximum atomic E-state index is 10.7. The average Bonchev–Trinajstić information content (AvgIpc) is 2.39. The van der Waals surface area contributed by atoms with Crippen LogP contribution in [0.25, 0.3) is 0 Å². The van der Waals surface area contributed by atoms with Gasteiger partial charge in [-0.3, -0.25) is 0 Å². The maximum Gasteiger partial charge on any atom is 0.118 e. The van der Waals surface area contributed by atoms with E-state index in [1.54, 1.807) is 14.0 Å². The fraction of sp³-hybridized carbons (Fsp3) is 0.200. The van der Waals surface area contributed by atoms with Crippen molar-refractivity contribution in [2.45, 2.75) is 12.5 Å². The minimum Gasteiger partial charge on any atom is -0.497 e. The highest BCUT2D eigenvalue weighted by molar-refractivity contribution is 9.10. The zero-order valence-corrected chi connectivity index (χ0v) is 11.9. The first-order valence-corrected chi connectivity index (χ1v) is 6.47. The Bertz CT molecular complexity index is 532. The summed E-state index contributed by atoms with van der Waals surface area (Å²) >= 11 is 3.47. The summed E-state index contributed by atoms with van der Waals surface area (Å²) in [5.74, 6) is 0.779. The van der Waals surface area contributed by atoms with Crippen LogP contribution in [0.3, 0.4) is 0 Å². The number of benzene rings is 2. The standard InChI is InChI=1S/C15H15BrO2/c1-15(17,13-5-3-4-6-14(13)16)11-7-9-12(18-2)10-8-11/h3-10,17H,1-2H3. The number of ether oxygens (including phenoxy) is 1. The fourth-order valence-corrected chi connectivity index (χ4v) is 2.60. The van der Waals surface area contributed by atoms with Crippen molar-refractivity contribution in [1.82, 2.24) is 0 Å². The first kappa shape index (κ1) is 13.1. The van der Waals surface area contributed by atoms with Gasteiger partial charge >= 0.3 is 0 Å². The third-order valence-corrected chi connectivity index (χ3v) is 3.74. The van der Waals surface area contributed by atoms with Crippen molar-refractivity contribution in [3.8, 4) is 5.75 Å². The van der Waals surface area contributed by atoms with Gasteiger partial charge in [0.25, 0.3) is 0 Å². The normalized spacial score (nSPS) is 14.0. The Hall–Kier alpha value is -1.32. The van der Waals surface area contributed by atoms with Crippen molar-refractivity contribution in [1.29, 1.82) is 0 Å². The molecular formula is C15H15BrO2. The maximum absolute atomic E-state index is 10.7. The summed E-state index contributed by atoms with van der Waals surface area (Å²) in [5.41, 5.74) is 0.636. The Morgan fingerprint density at radius 1 is 1.06 bits per heavy atom. The quantitative estimate of drug-likeness (QED) is 0.936.